The van der Waals surface area contributed by atoms with Gasteiger partial charge < -0.3 is 5.32 Å². The summed E-state index contributed by atoms with van der Waals surface area (Å²) in [4.78, 5) is 36.9. The maximum Gasteiger partial charge on any atom is 0.253 e. The monoisotopic (exact) mass is 496 g/mol. The van der Waals surface area contributed by atoms with Gasteiger partial charge in [-0.2, -0.15) is 0 Å². The number of benzene rings is 1. The van der Waals surface area contributed by atoms with Crippen molar-refractivity contribution in [2.75, 3.05) is 13.1 Å². The number of carbonyl (C=O) groups excluding carboxylic acids is 3. The van der Waals surface area contributed by atoms with Crippen molar-refractivity contribution < 1.29 is 14.4 Å². The Bertz CT molecular complexity index is 1200. The van der Waals surface area contributed by atoms with E-state index in [1.807, 2.05) is 0 Å². The van der Waals surface area contributed by atoms with E-state index in [0.29, 0.717) is 31.3 Å². The van der Waals surface area contributed by atoms with E-state index in [-0.39, 0.29) is 17.7 Å². The Morgan fingerprint density at radius 3 is 2.16 bits per heavy atom. The molecule has 0 fully saturated rings. The van der Waals surface area contributed by atoms with Crippen LogP contribution in [-0.2, 0) is 14.4 Å². The summed E-state index contributed by atoms with van der Waals surface area (Å²) in [6, 6.07) is 6.52. The maximum absolute atomic E-state index is 12.5. The van der Waals surface area contributed by atoms with E-state index in [9.17, 15) is 14.4 Å². The van der Waals surface area contributed by atoms with Crippen LogP contribution in [0.15, 0.2) is 65.8 Å². The molecular formula is C32H36N2O3. The summed E-state index contributed by atoms with van der Waals surface area (Å²) in [5, 5.41) is 3.16. The lowest BCUT2D eigenvalue weighted by molar-refractivity contribution is -0.136. The van der Waals surface area contributed by atoms with Gasteiger partial charge >= 0.3 is 0 Å². The van der Waals surface area contributed by atoms with Gasteiger partial charge in [0.1, 0.15) is 0 Å². The fraction of sp³-hybridized carbons (Fsp3) is 0.406. The van der Waals surface area contributed by atoms with Crippen LogP contribution >= 0.6 is 0 Å². The fourth-order valence-corrected chi connectivity index (χ4v) is 5.93. The molecule has 5 heteroatoms. The van der Waals surface area contributed by atoms with Crippen molar-refractivity contribution in [3.8, 4) is 0 Å². The Morgan fingerprint density at radius 2 is 1.41 bits per heavy atom. The van der Waals surface area contributed by atoms with E-state index >= 15 is 0 Å². The highest BCUT2D eigenvalue weighted by Gasteiger charge is 2.34. The number of rotatable bonds is 13. The molecule has 0 saturated heterocycles. The Kier molecular flexibility index (Phi) is 7.98. The van der Waals surface area contributed by atoms with Crippen molar-refractivity contribution in [3.63, 3.8) is 0 Å². The number of hydrogen-bond donors (Lipinski definition) is 1. The Labute approximate surface area is 219 Å². The number of hydrogen-bond acceptors (Lipinski definition) is 3. The third-order valence-corrected chi connectivity index (χ3v) is 7.95. The first-order chi connectivity index (χ1) is 18.1. The van der Waals surface area contributed by atoms with E-state index in [1.54, 1.807) is 0 Å². The van der Waals surface area contributed by atoms with Crippen LogP contribution in [0.2, 0.25) is 0 Å². The lowest BCUT2D eigenvalue weighted by Gasteiger charge is -2.36. The number of nitrogens with one attached hydrogen (secondary N) is 1. The molecule has 2 unspecified atom stereocenters. The number of allylic oxidation sites excluding steroid dienone is 4. The summed E-state index contributed by atoms with van der Waals surface area (Å²) in [7, 11) is 0. The predicted octanol–water partition coefficient (Wildman–Crippen LogP) is 5.86. The van der Waals surface area contributed by atoms with Gasteiger partial charge in [-0.25, -0.2) is 0 Å². The minimum Gasteiger partial charge on any atom is -0.352 e. The Balaban J connectivity index is 0.961. The minimum absolute atomic E-state index is 0.133. The quantitative estimate of drug-likeness (QED) is 0.275. The first-order valence-corrected chi connectivity index (χ1v) is 13.8. The molecule has 0 saturated carbocycles. The fourth-order valence-electron chi connectivity index (χ4n) is 5.93. The third-order valence-electron chi connectivity index (χ3n) is 7.95. The molecule has 3 amide bonds. The lowest BCUT2D eigenvalue weighted by atomic mass is 9.67. The van der Waals surface area contributed by atoms with Crippen LogP contribution in [0.1, 0.15) is 80.4 Å². The molecule has 0 bridgehead atoms. The number of unbranched alkanes of at least 4 members (excludes halogenated alkanes) is 7. The van der Waals surface area contributed by atoms with Gasteiger partial charge in [0.25, 0.3) is 11.8 Å². The second-order valence-corrected chi connectivity index (χ2v) is 10.5. The van der Waals surface area contributed by atoms with Gasteiger partial charge in [0, 0.05) is 43.5 Å². The summed E-state index contributed by atoms with van der Waals surface area (Å²) in [6.07, 6.45) is 25.2. The summed E-state index contributed by atoms with van der Waals surface area (Å²) < 4.78 is 0. The zero-order valence-corrected chi connectivity index (χ0v) is 21.5. The largest absolute Gasteiger partial charge is 0.352 e. The maximum atomic E-state index is 12.5. The van der Waals surface area contributed by atoms with Crippen molar-refractivity contribution in [3.05, 3.63) is 82.5 Å². The Hall–Kier alpha value is -3.47. The van der Waals surface area contributed by atoms with Gasteiger partial charge in [-0.1, -0.05) is 93.2 Å². The highest BCUT2D eigenvalue weighted by molar-refractivity contribution is 6.12. The normalized spacial score (nSPS) is 20.7. The first kappa shape index (κ1) is 25.2. The van der Waals surface area contributed by atoms with Gasteiger partial charge in [-0.05, 0) is 40.7 Å². The Morgan fingerprint density at radius 1 is 0.757 bits per heavy atom. The molecule has 0 spiro atoms. The summed E-state index contributed by atoms with van der Waals surface area (Å²) in [6.45, 7) is 1.11. The molecule has 5 nitrogen and oxygen atoms in total. The molecule has 5 rings (SSSR count). The van der Waals surface area contributed by atoms with Crippen molar-refractivity contribution in [1.82, 2.24) is 10.2 Å². The van der Waals surface area contributed by atoms with E-state index in [2.05, 4.69) is 60.0 Å². The summed E-state index contributed by atoms with van der Waals surface area (Å²) >= 11 is 0. The SMILES string of the molecule is O=C(CCCCCCCCCCN1C(=O)C=CC1=O)NCC1=C2C=Cc3cccc4c3C2C(C=C1)C=C4. The highest BCUT2D eigenvalue weighted by atomic mass is 16.2. The molecule has 0 radical (unpaired) electrons. The molecule has 1 N–H and O–H groups in total. The number of amides is 3. The number of carbonyl (C=O) groups is 3. The molecular weight excluding hydrogens is 460 g/mol. The van der Waals surface area contributed by atoms with Crippen LogP contribution in [0.4, 0.5) is 0 Å². The molecule has 1 aliphatic heterocycles. The molecule has 1 heterocycles. The topological polar surface area (TPSA) is 66.5 Å². The molecule has 4 aliphatic rings. The van der Waals surface area contributed by atoms with Gasteiger partial charge in [0.15, 0.2) is 0 Å². The van der Waals surface area contributed by atoms with Crippen LogP contribution in [-0.4, -0.2) is 35.7 Å². The van der Waals surface area contributed by atoms with Gasteiger partial charge in [0.2, 0.25) is 5.91 Å². The van der Waals surface area contributed by atoms with Crippen molar-refractivity contribution in [1.29, 1.82) is 0 Å². The van der Waals surface area contributed by atoms with Crippen LogP contribution < -0.4 is 5.32 Å². The van der Waals surface area contributed by atoms with E-state index in [1.165, 1.54) is 51.3 Å². The number of nitrogens with zero attached hydrogens (tertiary/aromatic N) is 1. The molecule has 2 atom stereocenters. The van der Waals surface area contributed by atoms with Gasteiger partial charge in [0.05, 0.1) is 0 Å². The lowest BCUT2D eigenvalue weighted by Crippen LogP contribution is -2.30. The second-order valence-electron chi connectivity index (χ2n) is 10.5. The van der Waals surface area contributed by atoms with Gasteiger partial charge in [-0.15, -0.1) is 0 Å². The molecule has 1 aromatic carbocycles. The molecule has 1 aromatic rings. The predicted molar refractivity (Wildman–Crippen MR) is 147 cm³/mol. The highest BCUT2D eigenvalue weighted by Crippen LogP contribution is 2.48. The number of imide groups is 1. The average Bonchev–Trinajstić information content (AvgIpc) is 3.24. The van der Waals surface area contributed by atoms with Crippen LogP contribution in [0.3, 0.4) is 0 Å². The van der Waals surface area contributed by atoms with Crippen molar-refractivity contribution >= 4 is 29.9 Å². The summed E-state index contributed by atoms with van der Waals surface area (Å²) in [5.74, 6) is 0.511. The zero-order chi connectivity index (χ0) is 25.6. The molecule has 192 valence electrons. The van der Waals surface area contributed by atoms with E-state index in [4.69, 9.17) is 0 Å². The van der Waals surface area contributed by atoms with E-state index < -0.39 is 0 Å². The second kappa shape index (κ2) is 11.7. The van der Waals surface area contributed by atoms with Crippen LogP contribution in [0.25, 0.3) is 12.2 Å². The molecule has 3 aliphatic carbocycles. The smallest absolute Gasteiger partial charge is 0.253 e. The first-order valence-electron chi connectivity index (χ1n) is 13.8. The minimum atomic E-state index is -0.188. The average molecular weight is 497 g/mol. The van der Waals surface area contributed by atoms with Crippen molar-refractivity contribution in [2.45, 2.75) is 63.7 Å². The third kappa shape index (κ3) is 5.76. The van der Waals surface area contributed by atoms with Crippen molar-refractivity contribution in [2.24, 2.45) is 5.92 Å². The van der Waals surface area contributed by atoms with Crippen LogP contribution in [0, 0.1) is 5.92 Å². The van der Waals surface area contributed by atoms with Gasteiger partial charge in [-0.3, -0.25) is 19.3 Å². The van der Waals surface area contributed by atoms with E-state index in [0.717, 1.165) is 44.9 Å². The zero-order valence-electron chi connectivity index (χ0n) is 21.5. The van der Waals surface area contributed by atoms with Crippen LogP contribution in [0.5, 0.6) is 0 Å². The standard InChI is InChI=1S/C32H36N2O3/c35-28(12-7-5-3-1-2-4-6-8-21-34-29(36)19-20-30(34)37)33-22-26-16-15-25-14-13-23-10-9-11-24-17-18-27(26)32(25)31(23)24/h9-11,13-20,25,32H,1-8,12,21-22H2,(H,33,35). The molecule has 0 aromatic heterocycles. The molecule has 37 heavy (non-hydrogen) atoms. The summed E-state index contributed by atoms with van der Waals surface area (Å²) in [5.41, 5.74) is 6.61.